The molecule has 0 aliphatic carbocycles. The van der Waals surface area contributed by atoms with Crippen LogP contribution in [-0.2, 0) is 21.9 Å². The zero-order chi connectivity index (χ0) is 32.8. The lowest BCUT2D eigenvalue weighted by Crippen LogP contribution is -2.46. The van der Waals surface area contributed by atoms with Gasteiger partial charge in [-0.15, -0.1) is 0 Å². The van der Waals surface area contributed by atoms with Crippen molar-refractivity contribution in [3.05, 3.63) is 99.7 Å². The molecular formula is C35H39Cl2N5O3S. The quantitative estimate of drug-likeness (QED) is 0.204. The van der Waals surface area contributed by atoms with Gasteiger partial charge in [0.1, 0.15) is 10.7 Å². The molecule has 2 unspecified atom stereocenters. The van der Waals surface area contributed by atoms with E-state index in [9.17, 15) is 13.2 Å². The van der Waals surface area contributed by atoms with Gasteiger partial charge in [0.05, 0.1) is 16.4 Å². The Morgan fingerprint density at radius 1 is 0.913 bits per heavy atom. The van der Waals surface area contributed by atoms with Crippen molar-refractivity contribution in [1.29, 1.82) is 0 Å². The number of amides is 2. The zero-order valence-corrected chi connectivity index (χ0v) is 28.8. The fraction of sp³-hybridized carbons (Fsp3) is 0.371. The number of aryl methyl sites for hydroxylation is 1. The van der Waals surface area contributed by atoms with Crippen LogP contribution in [-0.4, -0.2) is 40.6 Å². The molecule has 242 valence electrons. The highest BCUT2D eigenvalue weighted by molar-refractivity contribution is 7.89. The molecule has 1 aromatic heterocycles. The Bertz CT molecular complexity index is 1840. The number of urea groups is 1. The smallest absolute Gasteiger partial charge is 0.308 e. The van der Waals surface area contributed by atoms with Crippen LogP contribution in [0.3, 0.4) is 0 Å². The zero-order valence-electron chi connectivity index (χ0n) is 26.4. The molecule has 2 bridgehead atoms. The van der Waals surface area contributed by atoms with E-state index >= 15 is 0 Å². The third kappa shape index (κ3) is 6.83. The second-order valence-electron chi connectivity index (χ2n) is 13.5. The molecule has 2 atom stereocenters. The van der Waals surface area contributed by atoms with Crippen molar-refractivity contribution in [3.8, 4) is 5.69 Å². The molecule has 0 spiro atoms. The number of piperidine rings is 1. The number of rotatable bonds is 7. The Morgan fingerprint density at radius 2 is 1.57 bits per heavy atom. The van der Waals surface area contributed by atoms with E-state index in [2.05, 4.69) is 31.4 Å². The van der Waals surface area contributed by atoms with Gasteiger partial charge < -0.3 is 5.32 Å². The molecule has 0 saturated carbocycles. The Morgan fingerprint density at radius 3 is 2.17 bits per heavy atom. The average molecular weight is 681 g/mol. The van der Waals surface area contributed by atoms with E-state index in [1.807, 2.05) is 61.5 Å². The maximum Gasteiger partial charge on any atom is 0.324 e. The lowest BCUT2D eigenvalue weighted by Gasteiger charge is -2.38. The van der Waals surface area contributed by atoms with E-state index in [1.165, 1.54) is 12.1 Å². The van der Waals surface area contributed by atoms with Gasteiger partial charge in [0.2, 0.25) is 10.0 Å². The Kier molecular flexibility index (Phi) is 8.97. The molecule has 8 nitrogen and oxygen atoms in total. The van der Waals surface area contributed by atoms with Crippen LogP contribution in [0.15, 0.2) is 77.7 Å². The van der Waals surface area contributed by atoms with Gasteiger partial charge in [-0.3, -0.25) is 5.32 Å². The molecular weight excluding hydrogens is 641 g/mol. The normalized spacial score (nSPS) is 20.1. The van der Waals surface area contributed by atoms with Crippen molar-refractivity contribution in [2.45, 2.75) is 82.2 Å². The number of aromatic nitrogens is 2. The summed E-state index contributed by atoms with van der Waals surface area (Å²) in [6.45, 7) is 8.31. The molecule has 2 aliphatic rings. The Balaban J connectivity index is 1.09. The Hall–Kier alpha value is -3.37. The number of carbonyl (C=O) groups is 1. The first-order valence-corrected chi connectivity index (χ1v) is 17.8. The highest BCUT2D eigenvalue weighted by Crippen LogP contribution is 2.44. The van der Waals surface area contributed by atoms with Gasteiger partial charge in [0, 0.05) is 34.3 Å². The van der Waals surface area contributed by atoms with Crippen molar-refractivity contribution in [2.24, 2.45) is 5.92 Å². The number of fused-ring (bicyclic) bond motifs is 2. The number of carbonyl (C=O) groups excluding carboxylic acids is 1. The summed E-state index contributed by atoms with van der Waals surface area (Å²) in [4.78, 5) is 13.2. The summed E-state index contributed by atoms with van der Waals surface area (Å²) in [6.07, 6.45) is 4.15. The van der Waals surface area contributed by atoms with Gasteiger partial charge in [-0.1, -0.05) is 73.8 Å². The molecule has 3 heterocycles. The van der Waals surface area contributed by atoms with E-state index in [0.717, 1.165) is 54.6 Å². The number of hydrogen-bond acceptors (Lipinski definition) is 4. The van der Waals surface area contributed by atoms with Crippen molar-refractivity contribution >= 4 is 50.8 Å². The SMILES string of the molecule is Cc1ccc(-n2nc(C(C)(C)C)cc2NC(=O)Nc2ccc(CC3CC4CCC(C3)N4S(=O)(=O)c3ccc(Cl)cc3Cl)cc2)cc1. The summed E-state index contributed by atoms with van der Waals surface area (Å²) in [5.74, 6) is 0.954. The Labute approximate surface area is 281 Å². The fourth-order valence-electron chi connectivity index (χ4n) is 6.66. The second kappa shape index (κ2) is 12.7. The lowest BCUT2D eigenvalue weighted by atomic mass is 9.87. The van der Waals surface area contributed by atoms with Crippen LogP contribution >= 0.6 is 23.2 Å². The van der Waals surface area contributed by atoms with Crippen LogP contribution in [0.5, 0.6) is 0 Å². The average Bonchev–Trinajstić information content (AvgIpc) is 3.53. The summed E-state index contributed by atoms with van der Waals surface area (Å²) < 4.78 is 30.6. The number of benzene rings is 3. The molecule has 2 N–H and O–H groups in total. The van der Waals surface area contributed by atoms with Crippen LogP contribution in [0.4, 0.5) is 16.3 Å². The van der Waals surface area contributed by atoms with Crippen molar-refractivity contribution in [2.75, 3.05) is 10.6 Å². The minimum atomic E-state index is -3.72. The van der Waals surface area contributed by atoms with Crippen LogP contribution in [0.1, 0.15) is 63.3 Å². The van der Waals surface area contributed by atoms with Gasteiger partial charge in [-0.25, -0.2) is 17.9 Å². The summed E-state index contributed by atoms with van der Waals surface area (Å²) in [5, 5.41) is 11.3. The standard InChI is InChI=1S/C35H39Cl2N5O3S/c1-22-5-12-27(13-6-22)41-33(21-32(40-41)35(2,3)4)39-34(43)38-26-10-7-23(8-11-26)17-24-18-28-14-15-29(19-24)42(28)46(44,45)31-16-9-25(36)20-30(31)37/h5-13,16,20-21,24,28-29H,14-15,17-19H2,1-4H3,(H2,38,39,43). The molecule has 2 amide bonds. The van der Waals surface area contributed by atoms with E-state index < -0.39 is 10.0 Å². The molecule has 2 aliphatic heterocycles. The minimum Gasteiger partial charge on any atom is -0.308 e. The van der Waals surface area contributed by atoms with Crippen LogP contribution in [0.25, 0.3) is 5.69 Å². The van der Waals surface area contributed by atoms with E-state index in [0.29, 0.717) is 22.4 Å². The van der Waals surface area contributed by atoms with Crippen LogP contribution < -0.4 is 10.6 Å². The van der Waals surface area contributed by atoms with E-state index in [-0.39, 0.29) is 33.4 Å². The fourth-order valence-corrected chi connectivity index (χ4v) is 9.30. The number of nitrogens with zero attached hydrogens (tertiary/aromatic N) is 3. The minimum absolute atomic E-state index is 0.0442. The number of nitrogens with one attached hydrogen (secondary N) is 2. The topological polar surface area (TPSA) is 96.3 Å². The summed E-state index contributed by atoms with van der Waals surface area (Å²) >= 11 is 12.3. The maximum absolute atomic E-state index is 13.6. The third-order valence-electron chi connectivity index (χ3n) is 8.95. The molecule has 4 aromatic rings. The molecule has 2 fully saturated rings. The van der Waals surface area contributed by atoms with Crippen LogP contribution in [0, 0.1) is 12.8 Å². The van der Waals surface area contributed by atoms with Crippen molar-refractivity contribution in [1.82, 2.24) is 14.1 Å². The second-order valence-corrected chi connectivity index (χ2v) is 16.2. The highest BCUT2D eigenvalue weighted by atomic mass is 35.5. The highest BCUT2D eigenvalue weighted by Gasteiger charge is 2.47. The van der Waals surface area contributed by atoms with Gasteiger partial charge in [-0.2, -0.15) is 9.40 Å². The maximum atomic E-state index is 13.6. The predicted molar refractivity (Wildman–Crippen MR) is 185 cm³/mol. The lowest BCUT2D eigenvalue weighted by molar-refractivity contribution is 0.190. The van der Waals surface area contributed by atoms with Crippen molar-refractivity contribution in [3.63, 3.8) is 0 Å². The molecule has 0 radical (unpaired) electrons. The number of anilines is 2. The molecule has 6 rings (SSSR count). The van der Waals surface area contributed by atoms with Gasteiger partial charge in [0.25, 0.3) is 0 Å². The molecule has 2 saturated heterocycles. The summed E-state index contributed by atoms with van der Waals surface area (Å²) in [7, 11) is -3.72. The first kappa shape index (κ1) is 32.6. The summed E-state index contributed by atoms with van der Waals surface area (Å²) in [5.41, 5.74) is 4.53. The number of hydrogen-bond donors (Lipinski definition) is 2. The van der Waals surface area contributed by atoms with Gasteiger partial charge in [-0.05, 0) is 93.0 Å². The third-order valence-corrected chi connectivity index (χ3v) is 11.7. The predicted octanol–water partition coefficient (Wildman–Crippen LogP) is 8.60. The van der Waals surface area contributed by atoms with Gasteiger partial charge in [0.15, 0.2) is 0 Å². The van der Waals surface area contributed by atoms with E-state index in [4.69, 9.17) is 28.3 Å². The summed E-state index contributed by atoms with van der Waals surface area (Å²) in [6, 6.07) is 21.9. The molecule has 3 aromatic carbocycles. The molecule has 11 heteroatoms. The molecule has 46 heavy (non-hydrogen) atoms. The van der Waals surface area contributed by atoms with Crippen LogP contribution in [0.2, 0.25) is 10.0 Å². The number of halogens is 2. The first-order valence-electron chi connectivity index (χ1n) is 15.6. The van der Waals surface area contributed by atoms with Crippen molar-refractivity contribution < 1.29 is 13.2 Å². The largest absolute Gasteiger partial charge is 0.324 e. The van der Waals surface area contributed by atoms with E-state index in [1.54, 1.807) is 15.1 Å². The first-order chi connectivity index (χ1) is 21.8. The number of sulfonamides is 1. The van der Waals surface area contributed by atoms with Gasteiger partial charge >= 0.3 is 6.03 Å². The monoisotopic (exact) mass is 679 g/mol.